The van der Waals surface area contributed by atoms with E-state index in [4.69, 9.17) is 16.0 Å². The van der Waals surface area contributed by atoms with Gasteiger partial charge in [0.05, 0.1) is 17.8 Å². The van der Waals surface area contributed by atoms with Crippen LogP contribution < -0.4 is 0 Å². The van der Waals surface area contributed by atoms with Gasteiger partial charge in [-0.2, -0.15) is 5.10 Å². The first-order valence-electron chi connectivity index (χ1n) is 4.78. The number of hydrogen-bond donors (Lipinski definition) is 0. The van der Waals surface area contributed by atoms with Crippen LogP contribution in [-0.2, 0) is 19.3 Å². The third-order valence-electron chi connectivity index (χ3n) is 2.21. The molecule has 0 amide bonds. The van der Waals surface area contributed by atoms with Gasteiger partial charge in [0.2, 0.25) is 5.89 Å². The monoisotopic (exact) mass is 225 g/mol. The van der Waals surface area contributed by atoms with Crippen molar-refractivity contribution in [1.29, 1.82) is 0 Å². The van der Waals surface area contributed by atoms with E-state index in [1.807, 2.05) is 13.1 Å². The summed E-state index contributed by atoms with van der Waals surface area (Å²) in [5.74, 6) is 1.53. The van der Waals surface area contributed by atoms with Crippen LogP contribution in [0.4, 0.5) is 0 Å². The van der Waals surface area contributed by atoms with Gasteiger partial charge in [0, 0.05) is 7.05 Å². The lowest BCUT2D eigenvalue weighted by Gasteiger charge is -1.94. The molecule has 0 fully saturated rings. The second kappa shape index (κ2) is 4.06. The topological polar surface area (TPSA) is 43.9 Å². The number of aromatic nitrogens is 3. The fourth-order valence-electron chi connectivity index (χ4n) is 1.42. The lowest BCUT2D eigenvalue weighted by molar-refractivity contribution is 0.523. The molecule has 0 bridgehead atoms. The Balaban J connectivity index is 2.39. The normalized spacial score (nSPS) is 10.9. The highest BCUT2D eigenvalue weighted by Crippen LogP contribution is 2.21. The van der Waals surface area contributed by atoms with Gasteiger partial charge in [0.15, 0.2) is 5.76 Å². The summed E-state index contributed by atoms with van der Waals surface area (Å²) in [4.78, 5) is 4.05. The number of nitrogens with zero attached hydrogens (tertiary/aromatic N) is 3. The van der Waals surface area contributed by atoms with Crippen molar-refractivity contribution in [2.45, 2.75) is 19.2 Å². The minimum Gasteiger partial charge on any atom is -0.438 e. The molecule has 0 aliphatic carbocycles. The van der Waals surface area contributed by atoms with Crippen molar-refractivity contribution < 1.29 is 4.42 Å². The molecule has 0 saturated heterocycles. The minimum absolute atomic E-state index is 0.290. The van der Waals surface area contributed by atoms with Crippen LogP contribution in [0, 0.1) is 0 Å². The molecule has 0 radical (unpaired) electrons. The van der Waals surface area contributed by atoms with Crippen LogP contribution in [0.15, 0.2) is 16.7 Å². The smallest absolute Gasteiger partial charge is 0.209 e. The molecule has 2 aromatic rings. The third kappa shape index (κ3) is 1.90. The standard InChI is InChI=1S/C10H12ClN3O/c1-3-7-4-8(14(2)13-7)9-6-12-10(5-11)15-9/h4,6H,3,5H2,1-2H3. The van der Waals surface area contributed by atoms with Crippen molar-refractivity contribution in [2.75, 3.05) is 0 Å². The van der Waals surface area contributed by atoms with E-state index in [-0.39, 0.29) is 0 Å². The Labute approximate surface area is 92.9 Å². The van der Waals surface area contributed by atoms with Crippen LogP contribution in [0.2, 0.25) is 0 Å². The van der Waals surface area contributed by atoms with Crippen molar-refractivity contribution in [3.05, 3.63) is 23.8 Å². The zero-order valence-electron chi connectivity index (χ0n) is 8.70. The van der Waals surface area contributed by atoms with Gasteiger partial charge < -0.3 is 4.42 Å². The Hall–Kier alpha value is -1.29. The highest BCUT2D eigenvalue weighted by molar-refractivity contribution is 6.16. The van der Waals surface area contributed by atoms with Crippen molar-refractivity contribution in [2.24, 2.45) is 7.05 Å². The van der Waals surface area contributed by atoms with E-state index in [1.165, 1.54) is 0 Å². The molecule has 2 aromatic heterocycles. The van der Waals surface area contributed by atoms with Gasteiger partial charge in [-0.25, -0.2) is 4.98 Å². The second-order valence-corrected chi connectivity index (χ2v) is 3.52. The minimum atomic E-state index is 0.290. The van der Waals surface area contributed by atoms with Crippen LogP contribution in [0.3, 0.4) is 0 Å². The van der Waals surface area contributed by atoms with E-state index < -0.39 is 0 Å². The van der Waals surface area contributed by atoms with Crippen LogP contribution in [0.5, 0.6) is 0 Å². The Kier molecular flexibility index (Phi) is 2.77. The van der Waals surface area contributed by atoms with Gasteiger partial charge in [-0.15, -0.1) is 11.6 Å². The molecule has 0 aliphatic heterocycles. The van der Waals surface area contributed by atoms with Gasteiger partial charge in [0.25, 0.3) is 0 Å². The van der Waals surface area contributed by atoms with Crippen molar-refractivity contribution in [3.63, 3.8) is 0 Å². The second-order valence-electron chi connectivity index (χ2n) is 3.25. The van der Waals surface area contributed by atoms with Crippen molar-refractivity contribution >= 4 is 11.6 Å². The zero-order chi connectivity index (χ0) is 10.8. The number of hydrogen-bond acceptors (Lipinski definition) is 3. The van der Waals surface area contributed by atoms with Gasteiger partial charge in [-0.05, 0) is 12.5 Å². The zero-order valence-corrected chi connectivity index (χ0v) is 9.45. The lowest BCUT2D eigenvalue weighted by atomic mass is 10.3. The maximum atomic E-state index is 5.62. The summed E-state index contributed by atoms with van der Waals surface area (Å²) in [6.45, 7) is 2.07. The van der Waals surface area contributed by atoms with E-state index in [9.17, 15) is 0 Å². The molecule has 0 saturated carbocycles. The Morgan fingerprint density at radius 2 is 2.33 bits per heavy atom. The summed E-state index contributed by atoms with van der Waals surface area (Å²) in [6.07, 6.45) is 2.58. The van der Waals surface area contributed by atoms with E-state index in [0.717, 1.165) is 17.8 Å². The molecule has 0 atom stereocenters. The van der Waals surface area contributed by atoms with Crippen molar-refractivity contribution in [1.82, 2.24) is 14.8 Å². The Morgan fingerprint density at radius 1 is 1.53 bits per heavy atom. The Bertz CT molecular complexity index is 461. The highest BCUT2D eigenvalue weighted by Gasteiger charge is 2.11. The molecular weight excluding hydrogens is 214 g/mol. The molecule has 0 aliphatic rings. The molecule has 5 heteroatoms. The fourth-order valence-corrected chi connectivity index (χ4v) is 1.54. The summed E-state index contributed by atoms with van der Waals surface area (Å²) in [6, 6.07) is 2.00. The number of aryl methyl sites for hydroxylation is 2. The molecule has 0 spiro atoms. The predicted octanol–water partition coefficient (Wildman–Crippen LogP) is 2.38. The summed E-state index contributed by atoms with van der Waals surface area (Å²) in [7, 11) is 1.89. The van der Waals surface area contributed by atoms with Crippen LogP contribution >= 0.6 is 11.6 Å². The average molecular weight is 226 g/mol. The number of halogens is 1. The van der Waals surface area contributed by atoms with Gasteiger partial charge >= 0.3 is 0 Å². The quantitative estimate of drug-likeness (QED) is 0.754. The molecule has 2 heterocycles. The lowest BCUT2D eigenvalue weighted by Crippen LogP contribution is -1.93. The van der Waals surface area contributed by atoms with Gasteiger partial charge in [-0.1, -0.05) is 6.92 Å². The maximum absolute atomic E-state index is 5.62. The fraction of sp³-hybridized carbons (Fsp3) is 0.400. The van der Waals surface area contributed by atoms with E-state index in [1.54, 1.807) is 10.9 Å². The van der Waals surface area contributed by atoms with Crippen molar-refractivity contribution in [3.8, 4) is 11.5 Å². The number of oxazole rings is 1. The molecule has 0 unspecified atom stereocenters. The maximum Gasteiger partial charge on any atom is 0.209 e. The van der Waals surface area contributed by atoms with Gasteiger partial charge in [0.1, 0.15) is 5.69 Å². The summed E-state index contributed by atoms with van der Waals surface area (Å²) >= 11 is 5.62. The highest BCUT2D eigenvalue weighted by atomic mass is 35.5. The number of rotatable bonds is 3. The van der Waals surface area contributed by atoms with E-state index in [0.29, 0.717) is 17.5 Å². The molecule has 0 N–H and O–H groups in total. The summed E-state index contributed by atoms with van der Waals surface area (Å²) in [5.41, 5.74) is 1.96. The van der Waals surface area contributed by atoms with Crippen LogP contribution in [-0.4, -0.2) is 14.8 Å². The molecular formula is C10H12ClN3O. The molecule has 0 aromatic carbocycles. The molecule has 4 nitrogen and oxygen atoms in total. The van der Waals surface area contributed by atoms with Gasteiger partial charge in [-0.3, -0.25) is 4.68 Å². The first-order valence-corrected chi connectivity index (χ1v) is 5.32. The molecule has 80 valence electrons. The molecule has 15 heavy (non-hydrogen) atoms. The molecule has 2 rings (SSSR count). The SMILES string of the molecule is CCc1cc(-c2cnc(CCl)o2)n(C)n1. The average Bonchev–Trinajstić information content (AvgIpc) is 2.83. The Morgan fingerprint density at radius 3 is 2.87 bits per heavy atom. The first kappa shape index (κ1) is 10.2. The van der Waals surface area contributed by atoms with Crippen LogP contribution in [0.25, 0.3) is 11.5 Å². The predicted molar refractivity (Wildman–Crippen MR) is 57.6 cm³/mol. The van der Waals surface area contributed by atoms with E-state index >= 15 is 0 Å². The summed E-state index contributed by atoms with van der Waals surface area (Å²) < 4.78 is 7.24. The largest absolute Gasteiger partial charge is 0.438 e. The summed E-state index contributed by atoms with van der Waals surface area (Å²) in [5, 5.41) is 4.34. The third-order valence-corrected chi connectivity index (χ3v) is 2.44. The first-order chi connectivity index (χ1) is 7.24. The van der Waals surface area contributed by atoms with E-state index in [2.05, 4.69) is 17.0 Å². The number of alkyl halides is 1. The van der Waals surface area contributed by atoms with Crippen LogP contribution in [0.1, 0.15) is 18.5 Å².